The summed E-state index contributed by atoms with van der Waals surface area (Å²) in [5.74, 6) is -1.99. The van der Waals surface area contributed by atoms with Crippen molar-refractivity contribution in [2.75, 3.05) is 13.7 Å². The molecule has 13 nitrogen and oxygen atoms in total. The van der Waals surface area contributed by atoms with E-state index in [0.717, 1.165) is 5.56 Å². The fourth-order valence-corrected chi connectivity index (χ4v) is 5.56. The third-order valence-electron chi connectivity index (χ3n) is 6.84. The molecule has 0 radical (unpaired) electrons. The van der Waals surface area contributed by atoms with Crippen molar-refractivity contribution in [3.63, 3.8) is 0 Å². The molecule has 1 aliphatic rings. The zero-order chi connectivity index (χ0) is 30.2. The molecule has 4 amide bonds. The Labute approximate surface area is 247 Å². The normalized spacial score (nSPS) is 20.4. The number of carbonyl (C=O) groups excluding carboxylic acids is 4. The number of ether oxygens (including phenoxy) is 1. The van der Waals surface area contributed by atoms with Gasteiger partial charge in [-0.2, -0.15) is 4.98 Å². The van der Waals surface area contributed by atoms with Crippen LogP contribution in [0.15, 0.2) is 35.7 Å². The number of methoxy groups -OCH3 is 1. The van der Waals surface area contributed by atoms with Gasteiger partial charge in [-0.05, 0) is 30.7 Å². The Balaban J connectivity index is 1.57. The Bertz CT molecular complexity index is 1410. The van der Waals surface area contributed by atoms with Gasteiger partial charge in [-0.25, -0.2) is 9.67 Å². The zero-order valence-corrected chi connectivity index (χ0v) is 24.9. The molecule has 0 saturated carbocycles. The summed E-state index contributed by atoms with van der Waals surface area (Å²) in [4.78, 5) is 61.4. The molecular weight excluding hydrogens is 560 g/mol. The SMILES string of the molecule is COc1nc(C(=O)N[C@H]2CCCCNC(=O)[C@@H](Cc3ccccc3)NC(=O)c3csc(n3)[C@@H](C(C)C)NC2=O)nn1C. The summed E-state index contributed by atoms with van der Waals surface area (Å²) in [7, 11) is 3.01. The van der Waals surface area contributed by atoms with Crippen molar-refractivity contribution in [2.45, 2.75) is 57.7 Å². The maximum absolute atomic E-state index is 13.5. The van der Waals surface area contributed by atoms with E-state index < -0.39 is 35.8 Å². The summed E-state index contributed by atoms with van der Waals surface area (Å²) in [6.07, 6.45) is 1.71. The number of amides is 4. The van der Waals surface area contributed by atoms with Gasteiger partial charge in [-0.1, -0.05) is 44.2 Å². The average molecular weight is 597 g/mol. The van der Waals surface area contributed by atoms with E-state index in [-0.39, 0.29) is 29.4 Å². The fourth-order valence-electron chi connectivity index (χ4n) is 4.54. The van der Waals surface area contributed by atoms with Gasteiger partial charge in [-0.3, -0.25) is 19.2 Å². The second-order valence-corrected chi connectivity index (χ2v) is 11.3. The lowest BCUT2D eigenvalue weighted by molar-refractivity contribution is -0.124. The second kappa shape index (κ2) is 14.0. The number of nitrogens with one attached hydrogen (secondary N) is 4. The first-order chi connectivity index (χ1) is 20.2. The molecule has 0 unspecified atom stereocenters. The van der Waals surface area contributed by atoms with E-state index in [9.17, 15) is 19.2 Å². The molecule has 3 heterocycles. The number of aryl methyl sites for hydroxylation is 1. The van der Waals surface area contributed by atoms with Crippen LogP contribution in [0, 0.1) is 5.92 Å². The zero-order valence-electron chi connectivity index (χ0n) is 24.0. The van der Waals surface area contributed by atoms with Crippen molar-refractivity contribution in [3.05, 3.63) is 57.8 Å². The lowest BCUT2D eigenvalue weighted by Crippen LogP contribution is -2.49. The highest BCUT2D eigenvalue weighted by atomic mass is 32.1. The maximum atomic E-state index is 13.5. The average Bonchev–Trinajstić information content (AvgIpc) is 3.61. The van der Waals surface area contributed by atoms with Crippen molar-refractivity contribution in [1.82, 2.24) is 41.0 Å². The first-order valence-electron chi connectivity index (χ1n) is 13.8. The van der Waals surface area contributed by atoms with E-state index in [1.165, 1.54) is 23.1 Å². The molecule has 0 spiro atoms. The van der Waals surface area contributed by atoms with E-state index in [0.29, 0.717) is 37.2 Å². The third kappa shape index (κ3) is 7.69. The first kappa shape index (κ1) is 30.6. The largest absolute Gasteiger partial charge is 0.467 e. The smallest absolute Gasteiger partial charge is 0.314 e. The molecular formula is C28H36N8O5S. The molecule has 14 heteroatoms. The Morgan fingerprint density at radius 1 is 1.12 bits per heavy atom. The molecule has 224 valence electrons. The molecule has 0 fully saturated rings. The van der Waals surface area contributed by atoms with Crippen LogP contribution in [0.25, 0.3) is 0 Å². The third-order valence-corrected chi connectivity index (χ3v) is 7.77. The number of hydrogen-bond acceptors (Lipinski definition) is 9. The van der Waals surface area contributed by atoms with E-state index >= 15 is 0 Å². The summed E-state index contributed by atoms with van der Waals surface area (Å²) in [6.45, 7) is 4.20. The van der Waals surface area contributed by atoms with Gasteiger partial charge in [0.2, 0.25) is 17.6 Å². The van der Waals surface area contributed by atoms with Crippen LogP contribution in [-0.4, -0.2) is 69.1 Å². The highest BCUT2D eigenvalue weighted by molar-refractivity contribution is 7.09. The number of thiazole rings is 1. The monoisotopic (exact) mass is 596 g/mol. The number of hydrogen-bond donors (Lipinski definition) is 4. The van der Waals surface area contributed by atoms with Gasteiger partial charge < -0.3 is 26.0 Å². The lowest BCUT2D eigenvalue weighted by atomic mass is 10.0. The van der Waals surface area contributed by atoms with Crippen LogP contribution in [0.2, 0.25) is 0 Å². The Morgan fingerprint density at radius 2 is 1.88 bits per heavy atom. The van der Waals surface area contributed by atoms with E-state index in [1.807, 2.05) is 44.2 Å². The van der Waals surface area contributed by atoms with Gasteiger partial charge in [0.05, 0.1) is 13.2 Å². The van der Waals surface area contributed by atoms with Crippen LogP contribution in [-0.2, 0) is 23.1 Å². The highest BCUT2D eigenvalue weighted by Gasteiger charge is 2.30. The number of fused-ring (bicyclic) bond motifs is 2. The quantitative estimate of drug-likeness (QED) is 0.332. The van der Waals surface area contributed by atoms with Crippen LogP contribution in [0.3, 0.4) is 0 Å². The maximum Gasteiger partial charge on any atom is 0.314 e. The summed E-state index contributed by atoms with van der Waals surface area (Å²) in [6, 6.07) is 7.42. The number of benzene rings is 1. The topological polar surface area (TPSA) is 169 Å². The molecule has 2 aromatic heterocycles. The van der Waals surface area contributed by atoms with Crippen LogP contribution in [0.1, 0.15) is 70.8 Å². The van der Waals surface area contributed by atoms with E-state index in [1.54, 1.807) is 12.4 Å². The summed E-state index contributed by atoms with van der Waals surface area (Å²) in [5, 5.41) is 17.7. The van der Waals surface area contributed by atoms with E-state index in [4.69, 9.17) is 4.74 Å². The minimum absolute atomic E-state index is 0.0652. The highest BCUT2D eigenvalue weighted by Crippen LogP contribution is 2.26. The van der Waals surface area contributed by atoms with Gasteiger partial charge in [-0.15, -0.1) is 16.4 Å². The summed E-state index contributed by atoms with van der Waals surface area (Å²) >= 11 is 1.25. The fraction of sp³-hybridized carbons (Fsp3) is 0.464. The first-order valence-corrected chi connectivity index (χ1v) is 14.7. The Morgan fingerprint density at radius 3 is 2.57 bits per heavy atom. The van der Waals surface area contributed by atoms with Crippen molar-refractivity contribution < 1.29 is 23.9 Å². The summed E-state index contributed by atoms with van der Waals surface area (Å²) < 4.78 is 6.42. The van der Waals surface area contributed by atoms with Crippen LogP contribution < -0.4 is 26.0 Å². The second-order valence-electron chi connectivity index (χ2n) is 10.4. The van der Waals surface area contributed by atoms with Crippen molar-refractivity contribution in [3.8, 4) is 6.01 Å². The minimum atomic E-state index is -0.897. The molecule has 4 rings (SSSR count). The molecule has 42 heavy (non-hydrogen) atoms. The summed E-state index contributed by atoms with van der Waals surface area (Å²) in [5.41, 5.74) is 1.07. The minimum Gasteiger partial charge on any atom is -0.467 e. The Kier molecular flexibility index (Phi) is 10.2. The standard InChI is InChI=1S/C28H36N8O5S/c1-16(2)21-27-32-20(15-42-27)25(39)31-19(14-17-10-6-5-7-11-17)23(37)29-13-9-8-12-18(24(38)33-21)30-26(40)22-34-28(41-4)36(3)35-22/h5-7,10-11,15-16,18-19,21H,8-9,12-14H2,1-4H3,(H,29,37)(H,30,40)(H,31,39)(H,33,38)/t18-,19+,21+/m0/s1. The van der Waals surface area contributed by atoms with Gasteiger partial charge in [0.25, 0.3) is 11.8 Å². The Hall–Kier alpha value is -4.33. The molecule has 3 aromatic rings. The van der Waals surface area contributed by atoms with E-state index in [2.05, 4.69) is 36.3 Å². The number of aromatic nitrogens is 4. The van der Waals surface area contributed by atoms with Gasteiger partial charge >= 0.3 is 6.01 Å². The van der Waals surface area contributed by atoms with Crippen molar-refractivity contribution in [2.24, 2.45) is 13.0 Å². The van der Waals surface area contributed by atoms with Gasteiger partial charge in [0.15, 0.2) is 0 Å². The molecule has 1 aromatic carbocycles. The molecule has 0 aliphatic carbocycles. The molecule has 2 bridgehead atoms. The van der Waals surface area contributed by atoms with Gasteiger partial charge in [0.1, 0.15) is 22.8 Å². The number of rotatable bonds is 6. The number of nitrogens with zero attached hydrogens (tertiary/aromatic N) is 4. The predicted molar refractivity (Wildman–Crippen MR) is 155 cm³/mol. The van der Waals surface area contributed by atoms with Crippen molar-refractivity contribution in [1.29, 1.82) is 0 Å². The predicted octanol–water partition coefficient (Wildman–Crippen LogP) is 1.53. The van der Waals surface area contributed by atoms with Crippen LogP contribution >= 0.6 is 11.3 Å². The molecule has 1 aliphatic heterocycles. The van der Waals surface area contributed by atoms with Crippen molar-refractivity contribution >= 4 is 35.0 Å². The van der Waals surface area contributed by atoms with Crippen LogP contribution in [0.5, 0.6) is 6.01 Å². The molecule has 0 saturated heterocycles. The molecule has 3 atom stereocenters. The number of carbonyl (C=O) groups is 4. The van der Waals surface area contributed by atoms with Crippen LogP contribution in [0.4, 0.5) is 0 Å². The van der Waals surface area contributed by atoms with Gasteiger partial charge in [0, 0.05) is 25.4 Å². The molecule has 4 N–H and O–H groups in total. The lowest BCUT2D eigenvalue weighted by Gasteiger charge is -2.25.